The van der Waals surface area contributed by atoms with Crippen LogP contribution >= 0.6 is 0 Å². The van der Waals surface area contributed by atoms with E-state index in [9.17, 15) is 4.79 Å². The SMILES string of the molecule is Cc1occc1C(=O)N1CCC2(CC1)CC(N(C)Cc1ccco1)C2. The minimum atomic E-state index is 0.118. The highest BCUT2D eigenvalue weighted by Gasteiger charge is 2.47. The van der Waals surface area contributed by atoms with Crippen molar-refractivity contribution in [3.8, 4) is 0 Å². The lowest BCUT2D eigenvalue weighted by Gasteiger charge is -2.54. The summed E-state index contributed by atoms with van der Waals surface area (Å²) in [6, 6.07) is 6.39. The Labute approximate surface area is 148 Å². The summed E-state index contributed by atoms with van der Waals surface area (Å²) in [4.78, 5) is 17.0. The predicted octanol–water partition coefficient (Wildman–Crippen LogP) is 3.70. The summed E-state index contributed by atoms with van der Waals surface area (Å²) in [5.41, 5.74) is 1.14. The molecule has 1 spiro atoms. The summed E-state index contributed by atoms with van der Waals surface area (Å²) < 4.78 is 10.7. The molecule has 2 aliphatic rings. The van der Waals surface area contributed by atoms with Gasteiger partial charge in [0, 0.05) is 19.1 Å². The van der Waals surface area contributed by atoms with Gasteiger partial charge in [-0.3, -0.25) is 9.69 Å². The number of carbonyl (C=O) groups excluding carboxylic acids is 1. The van der Waals surface area contributed by atoms with Crippen LogP contribution in [0.4, 0.5) is 0 Å². The molecule has 0 N–H and O–H groups in total. The van der Waals surface area contributed by atoms with Gasteiger partial charge in [-0.05, 0) is 63.3 Å². The molecule has 0 aromatic carbocycles. The van der Waals surface area contributed by atoms with Gasteiger partial charge in [0.1, 0.15) is 11.5 Å². The molecule has 1 amide bonds. The number of piperidine rings is 1. The number of nitrogens with zero attached hydrogens (tertiary/aromatic N) is 2. The van der Waals surface area contributed by atoms with Crippen molar-refractivity contribution in [2.24, 2.45) is 5.41 Å². The summed E-state index contributed by atoms with van der Waals surface area (Å²) in [7, 11) is 2.18. The molecule has 1 aliphatic heterocycles. The molecule has 1 saturated heterocycles. The highest BCUT2D eigenvalue weighted by Crippen LogP contribution is 2.51. The average Bonchev–Trinajstić information content (AvgIpc) is 3.23. The third kappa shape index (κ3) is 3.13. The number of furan rings is 2. The zero-order valence-corrected chi connectivity index (χ0v) is 15.0. The van der Waals surface area contributed by atoms with Crippen molar-refractivity contribution >= 4 is 5.91 Å². The topological polar surface area (TPSA) is 49.8 Å². The minimum Gasteiger partial charge on any atom is -0.469 e. The number of likely N-dealkylation sites (tertiary alicyclic amines) is 1. The summed E-state index contributed by atoms with van der Waals surface area (Å²) in [5, 5.41) is 0. The summed E-state index contributed by atoms with van der Waals surface area (Å²) in [6.45, 7) is 4.44. The first-order chi connectivity index (χ1) is 12.1. The van der Waals surface area contributed by atoms with E-state index in [0.29, 0.717) is 22.8 Å². The largest absolute Gasteiger partial charge is 0.469 e. The Bertz CT molecular complexity index is 718. The van der Waals surface area contributed by atoms with E-state index in [0.717, 1.165) is 38.2 Å². The van der Waals surface area contributed by atoms with E-state index in [1.807, 2.05) is 24.0 Å². The van der Waals surface area contributed by atoms with Crippen LogP contribution in [0.15, 0.2) is 39.6 Å². The second-order valence-electron chi connectivity index (χ2n) is 7.74. The van der Waals surface area contributed by atoms with Crippen LogP contribution < -0.4 is 0 Å². The average molecular weight is 342 g/mol. The van der Waals surface area contributed by atoms with Crippen molar-refractivity contribution in [1.29, 1.82) is 0 Å². The number of rotatable bonds is 4. The van der Waals surface area contributed by atoms with Crippen molar-refractivity contribution in [2.45, 2.75) is 45.2 Å². The molecule has 5 nitrogen and oxygen atoms in total. The van der Waals surface area contributed by atoms with Gasteiger partial charge in [0.2, 0.25) is 0 Å². The highest BCUT2D eigenvalue weighted by molar-refractivity contribution is 5.95. The van der Waals surface area contributed by atoms with Gasteiger partial charge in [0.25, 0.3) is 5.91 Å². The third-order valence-corrected chi connectivity index (χ3v) is 6.15. The van der Waals surface area contributed by atoms with Gasteiger partial charge in [0.05, 0.1) is 24.6 Å². The molecular weight excluding hydrogens is 316 g/mol. The maximum absolute atomic E-state index is 12.6. The molecular formula is C20H26N2O3. The Hall–Kier alpha value is -2.01. The minimum absolute atomic E-state index is 0.118. The fourth-order valence-electron chi connectivity index (χ4n) is 4.40. The Morgan fingerprint density at radius 2 is 2.00 bits per heavy atom. The number of hydrogen-bond acceptors (Lipinski definition) is 4. The molecule has 4 rings (SSSR count). The molecule has 3 heterocycles. The van der Waals surface area contributed by atoms with Crippen molar-refractivity contribution < 1.29 is 13.6 Å². The summed E-state index contributed by atoms with van der Waals surface area (Å²) in [6.07, 6.45) is 8.02. The smallest absolute Gasteiger partial charge is 0.257 e. The standard InChI is InChI=1S/C20H26N2O3/c1-15-18(5-11-24-15)19(23)22-8-6-20(7-9-22)12-16(13-20)21(2)14-17-4-3-10-25-17/h3-5,10-11,16H,6-9,12-14H2,1-2H3. The number of amides is 1. The summed E-state index contributed by atoms with van der Waals surface area (Å²) >= 11 is 0. The first-order valence-corrected chi connectivity index (χ1v) is 9.12. The van der Waals surface area contributed by atoms with Gasteiger partial charge in [-0.2, -0.15) is 0 Å². The second-order valence-corrected chi connectivity index (χ2v) is 7.74. The quantitative estimate of drug-likeness (QED) is 0.850. The molecule has 0 radical (unpaired) electrons. The molecule has 5 heteroatoms. The van der Waals surface area contributed by atoms with Crippen LogP contribution in [0.2, 0.25) is 0 Å². The van der Waals surface area contributed by atoms with E-state index < -0.39 is 0 Å². The third-order valence-electron chi connectivity index (χ3n) is 6.15. The lowest BCUT2D eigenvalue weighted by atomic mass is 9.60. The normalized spacial score (nSPS) is 20.2. The van der Waals surface area contributed by atoms with Crippen LogP contribution in [0.1, 0.15) is 47.6 Å². The lowest BCUT2D eigenvalue weighted by molar-refractivity contribution is -0.0343. The second kappa shape index (κ2) is 6.37. The van der Waals surface area contributed by atoms with Gasteiger partial charge in [0.15, 0.2) is 0 Å². The fraction of sp³-hybridized carbons (Fsp3) is 0.550. The van der Waals surface area contributed by atoms with Crippen molar-refractivity contribution in [3.05, 3.63) is 47.8 Å². The predicted molar refractivity (Wildman–Crippen MR) is 94.2 cm³/mol. The van der Waals surface area contributed by atoms with Crippen molar-refractivity contribution in [3.63, 3.8) is 0 Å². The zero-order valence-electron chi connectivity index (χ0n) is 15.0. The van der Waals surface area contributed by atoms with Crippen molar-refractivity contribution in [2.75, 3.05) is 20.1 Å². The van der Waals surface area contributed by atoms with E-state index in [1.54, 1.807) is 18.6 Å². The maximum atomic E-state index is 12.6. The van der Waals surface area contributed by atoms with Gasteiger partial charge in [-0.15, -0.1) is 0 Å². The van der Waals surface area contributed by atoms with E-state index in [-0.39, 0.29) is 5.91 Å². The molecule has 0 atom stereocenters. The highest BCUT2D eigenvalue weighted by atomic mass is 16.3. The lowest BCUT2D eigenvalue weighted by Crippen LogP contribution is -2.54. The molecule has 2 aromatic rings. The molecule has 1 saturated carbocycles. The van der Waals surface area contributed by atoms with Gasteiger partial charge in [-0.1, -0.05) is 0 Å². The zero-order chi connectivity index (χ0) is 17.4. The fourth-order valence-corrected chi connectivity index (χ4v) is 4.40. The number of aryl methyl sites for hydroxylation is 1. The number of carbonyl (C=O) groups is 1. The van der Waals surface area contributed by atoms with Crippen LogP contribution in [0, 0.1) is 12.3 Å². The summed E-state index contributed by atoms with van der Waals surface area (Å²) in [5.74, 6) is 1.86. The molecule has 0 bridgehead atoms. The Morgan fingerprint density at radius 1 is 1.24 bits per heavy atom. The Morgan fingerprint density at radius 3 is 2.60 bits per heavy atom. The Kier molecular flexibility index (Phi) is 4.20. The van der Waals surface area contributed by atoms with E-state index in [1.165, 1.54) is 12.8 Å². The van der Waals surface area contributed by atoms with Crippen LogP contribution in [-0.2, 0) is 6.54 Å². The van der Waals surface area contributed by atoms with E-state index >= 15 is 0 Å². The van der Waals surface area contributed by atoms with Gasteiger partial charge in [-0.25, -0.2) is 0 Å². The first kappa shape index (κ1) is 16.5. The maximum Gasteiger partial charge on any atom is 0.257 e. The van der Waals surface area contributed by atoms with Crippen LogP contribution in [0.5, 0.6) is 0 Å². The molecule has 134 valence electrons. The monoisotopic (exact) mass is 342 g/mol. The Balaban J connectivity index is 1.28. The van der Waals surface area contributed by atoms with Gasteiger partial charge >= 0.3 is 0 Å². The van der Waals surface area contributed by atoms with Crippen molar-refractivity contribution in [1.82, 2.24) is 9.80 Å². The molecule has 2 fully saturated rings. The van der Waals surface area contributed by atoms with Crippen LogP contribution in [0.25, 0.3) is 0 Å². The van der Waals surface area contributed by atoms with E-state index in [2.05, 4.69) is 11.9 Å². The van der Waals surface area contributed by atoms with Crippen LogP contribution in [0.3, 0.4) is 0 Å². The first-order valence-electron chi connectivity index (χ1n) is 9.12. The molecule has 25 heavy (non-hydrogen) atoms. The van der Waals surface area contributed by atoms with Crippen LogP contribution in [-0.4, -0.2) is 41.9 Å². The molecule has 2 aromatic heterocycles. The van der Waals surface area contributed by atoms with E-state index in [4.69, 9.17) is 8.83 Å². The number of hydrogen-bond donors (Lipinski definition) is 0. The molecule has 1 aliphatic carbocycles. The van der Waals surface area contributed by atoms with Gasteiger partial charge < -0.3 is 13.7 Å². The molecule has 0 unspecified atom stereocenters.